The number of furan rings is 1. The maximum atomic E-state index is 6.54. The summed E-state index contributed by atoms with van der Waals surface area (Å²) >= 11 is 0. The summed E-state index contributed by atoms with van der Waals surface area (Å²) in [6.07, 6.45) is 8.66. The lowest BCUT2D eigenvalue weighted by molar-refractivity contribution is 0.270. The topological polar surface area (TPSA) is 25.6 Å². The fourth-order valence-electron chi connectivity index (χ4n) is 8.62. The molecule has 0 fully saturated rings. The van der Waals surface area contributed by atoms with Crippen LogP contribution in [0.25, 0.3) is 66.1 Å². The molecule has 0 amide bonds. The normalized spacial score (nSPS) is 15.6. The van der Waals surface area contributed by atoms with Gasteiger partial charge in [-0.15, -0.1) is 0 Å². The predicted molar refractivity (Wildman–Crippen MR) is 228 cm³/mol. The third-order valence-electron chi connectivity index (χ3n) is 11.2. The fourth-order valence-corrected chi connectivity index (χ4v) is 8.62. The van der Waals surface area contributed by atoms with Crippen LogP contribution in [0.1, 0.15) is 11.5 Å². The number of rotatable bonds is 6. The predicted octanol–water partition coefficient (Wildman–Crippen LogP) is 14.2. The minimum absolute atomic E-state index is 0.0462. The molecule has 2 atom stereocenters. The molecule has 0 saturated carbocycles. The van der Waals surface area contributed by atoms with Crippen LogP contribution in [0.2, 0.25) is 0 Å². The summed E-state index contributed by atoms with van der Waals surface area (Å²) in [7, 11) is 0. The second-order valence-electron chi connectivity index (χ2n) is 14.4. The highest BCUT2D eigenvalue weighted by Gasteiger charge is 2.33. The lowest BCUT2D eigenvalue weighted by Gasteiger charge is -2.28. The van der Waals surface area contributed by atoms with Gasteiger partial charge in [-0.05, 0) is 70.1 Å². The van der Waals surface area contributed by atoms with Crippen LogP contribution in [0.4, 0.5) is 17.1 Å². The lowest BCUT2D eigenvalue weighted by atomic mass is 9.90. The summed E-state index contributed by atoms with van der Waals surface area (Å²) in [5.41, 5.74) is 13.2. The largest absolute Gasteiger partial charge is 0.484 e. The Kier molecular flexibility index (Phi) is 7.31. The van der Waals surface area contributed by atoms with E-state index in [1.807, 2.05) is 12.1 Å². The zero-order valence-electron chi connectivity index (χ0n) is 30.0. The third kappa shape index (κ3) is 5.20. The zero-order valence-corrected chi connectivity index (χ0v) is 30.0. The first kappa shape index (κ1) is 31.4. The Hall–Kier alpha value is -7.10. The highest BCUT2D eigenvalue weighted by Crippen LogP contribution is 2.48. The quantitative estimate of drug-likeness (QED) is 0.172. The molecule has 55 heavy (non-hydrogen) atoms. The van der Waals surface area contributed by atoms with E-state index in [4.69, 9.17) is 9.15 Å². The highest BCUT2D eigenvalue weighted by atomic mass is 16.5. The summed E-state index contributed by atoms with van der Waals surface area (Å²) in [4.78, 5) is 2.38. The maximum absolute atomic E-state index is 6.54. The molecular formula is C52H35NO2. The molecule has 8 aromatic carbocycles. The van der Waals surface area contributed by atoms with Gasteiger partial charge in [0.2, 0.25) is 0 Å². The fraction of sp³-hybridized carbons (Fsp3) is 0.0385. The molecule has 1 aromatic heterocycles. The average molecular weight is 706 g/mol. The van der Waals surface area contributed by atoms with Crippen molar-refractivity contribution in [2.24, 2.45) is 0 Å². The number of nitrogens with zero attached hydrogens (tertiary/aromatic N) is 1. The van der Waals surface area contributed by atoms with Crippen molar-refractivity contribution in [1.29, 1.82) is 0 Å². The van der Waals surface area contributed by atoms with Crippen molar-refractivity contribution in [2.75, 3.05) is 4.90 Å². The van der Waals surface area contributed by atoms with Gasteiger partial charge in [0.05, 0.1) is 5.69 Å². The van der Waals surface area contributed by atoms with Crippen LogP contribution in [0.3, 0.4) is 0 Å². The van der Waals surface area contributed by atoms with Gasteiger partial charge in [0.25, 0.3) is 0 Å². The summed E-state index contributed by atoms with van der Waals surface area (Å²) in [5, 5.41) is 4.58. The number of benzene rings is 8. The van der Waals surface area contributed by atoms with Crippen LogP contribution in [0, 0.1) is 0 Å². The molecular weight excluding hydrogens is 671 g/mol. The van der Waals surface area contributed by atoms with Crippen molar-refractivity contribution in [2.45, 2.75) is 12.0 Å². The first-order valence-corrected chi connectivity index (χ1v) is 18.9. The molecule has 2 unspecified atom stereocenters. The van der Waals surface area contributed by atoms with Crippen LogP contribution < -0.4 is 9.64 Å². The summed E-state index contributed by atoms with van der Waals surface area (Å²) < 4.78 is 13.1. The van der Waals surface area contributed by atoms with Crippen LogP contribution >= 0.6 is 0 Å². The molecule has 0 N–H and O–H groups in total. The Morgan fingerprint density at radius 2 is 1.05 bits per heavy atom. The van der Waals surface area contributed by atoms with Gasteiger partial charge in [-0.1, -0.05) is 158 Å². The van der Waals surface area contributed by atoms with Gasteiger partial charge in [0.15, 0.2) is 0 Å². The van der Waals surface area contributed by atoms with E-state index in [0.717, 1.165) is 77.8 Å². The number of ether oxygens (including phenoxy) is 1. The zero-order chi connectivity index (χ0) is 36.3. The van der Waals surface area contributed by atoms with Crippen molar-refractivity contribution in [3.05, 3.63) is 206 Å². The van der Waals surface area contributed by atoms with E-state index in [1.54, 1.807) is 0 Å². The van der Waals surface area contributed by atoms with Gasteiger partial charge in [0, 0.05) is 50.1 Å². The van der Waals surface area contributed by atoms with Gasteiger partial charge < -0.3 is 14.1 Å². The van der Waals surface area contributed by atoms with Crippen molar-refractivity contribution in [3.63, 3.8) is 0 Å². The Labute approximate surface area is 319 Å². The standard InChI is InChI=1S/C52H35NO2/c1-2-12-34(13-3-1)35-24-28-37(29-25-35)53(38-30-26-36(27-31-38)39-18-10-20-46-43-16-6-8-22-49(43)54-51(39)46)48-33-32-41(40-14-4-5-15-42(40)48)45-19-11-21-47-44-17-7-9-23-50(44)55-52(45)47/h1-33,43,49H. The molecule has 2 aliphatic rings. The van der Waals surface area contributed by atoms with E-state index >= 15 is 0 Å². The van der Waals surface area contributed by atoms with E-state index in [2.05, 4.69) is 193 Å². The summed E-state index contributed by atoms with van der Waals surface area (Å²) in [6, 6.07) is 62.9. The molecule has 260 valence electrons. The van der Waals surface area contributed by atoms with Crippen molar-refractivity contribution < 1.29 is 9.15 Å². The Balaban J connectivity index is 1.05. The number of allylic oxidation sites excluding steroid dienone is 2. The molecule has 1 aliphatic heterocycles. The first-order valence-electron chi connectivity index (χ1n) is 18.9. The van der Waals surface area contributed by atoms with Gasteiger partial charge in [-0.3, -0.25) is 0 Å². The number of hydrogen-bond acceptors (Lipinski definition) is 3. The Morgan fingerprint density at radius 1 is 0.418 bits per heavy atom. The number of fused-ring (bicyclic) bond motifs is 7. The van der Waals surface area contributed by atoms with Crippen LogP contribution in [0.5, 0.6) is 5.75 Å². The molecule has 2 heterocycles. The molecule has 1 aliphatic carbocycles. The smallest absolute Gasteiger partial charge is 0.143 e. The minimum atomic E-state index is 0.0462. The number of hydrogen-bond donors (Lipinski definition) is 0. The third-order valence-corrected chi connectivity index (χ3v) is 11.2. The molecule has 3 nitrogen and oxygen atoms in total. The Morgan fingerprint density at radius 3 is 1.87 bits per heavy atom. The van der Waals surface area contributed by atoms with Crippen molar-refractivity contribution in [3.8, 4) is 39.1 Å². The van der Waals surface area contributed by atoms with Gasteiger partial charge >= 0.3 is 0 Å². The molecule has 11 rings (SSSR count). The molecule has 9 aromatic rings. The van der Waals surface area contributed by atoms with Gasteiger partial charge in [0.1, 0.15) is 23.0 Å². The number of anilines is 3. The molecule has 3 heteroatoms. The molecule has 0 radical (unpaired) electrons. The van der Waals surface area contributed by atoms with E-state index < -0.39 is 0 Å². The second-order valence-corrected chi connectivity index (χ2v) is 14.4. The van der Waals surface area contributed by atoms with Gasteiger partial charge in [-0.25, -0.2) is 0 Å². The summed E-state index contributed by atoms with van der Waals surface area (Å²) in [5.74, 6) is 1.24. The van der Waals surface area contributed by atoms with E-state index in [0.29, 0.717) is 0 Å². The van der Waals surface area contributed by atoms with Crippen LogP contribution in [-0.4, -0.2) is 6.10 Å². The first-order chi connectivity index (χ1) is 27.3. The minimum Gasteiger partial charge on any atom is -0.484 e. The van der Waals surface area contributed by atoms with Crippen LogP contribution in [0.15, 0.2) is 205 Å². The Bertz CT molecular complexity index is 2950. The number of para-hydroxylation sites is 3. The van der Waals surface area contributed by atoms with E-state index in [1.165, 1.54) is 16.7 Å². The van der Waals surface area contributed by atoms with Crippen molar-refractivity contribution >= 4 is 49.8 Å². The molecule has 0 spiro atoms. The van der Waals surface area contributed by atoms with Crippen molar-refractivity contribution in [1.82, 2.24) is 0 Å². The SMILES string of the molecule is C1=CC2Oc3c(-c4ccc(N(c5ccc(-c6ccccc6)cc5)c5ccc(-c6cccc7c6oc6ccccc67)c6ccccc56)cc4)cccc3C2C=C1. The maximum Gasteiger partial charge on any atom is 0.143 e. The summed E-state index contributed by atoms with van der Waals surface area (Å²) in [6.45, 7) is 0. The molecule has 0 saturated heterocycles. The lowest BCUT2D eigenvalue weighted by Crippen LogP contribution is -2.15. The van der Waals surface area contributed by atoms with Gasteiger partial charge in [-0.2, -0.15) is 0 Å². The highest BCUT2D eigenvalue weighted by molar-refractivity contribution is 6.14. The van der Waals surface area contributed by atoms with Crippen LogP contribution in [-0.2, 0) is 0 Å². The second kappa shape index (κ2) is 12.8. The average Bonchev–Trinajstić information content (AvgIpc) is 3.84. The molecule has 0 bridgehead atoms. The van der Waals surface area contributed by atoms with E-state index in [-0.39, 0.29) is 12.0 Å². The monoisotopic (exact) mass is 705 g/mol. The van der Waals surface area contributed by atoms with E-state index in [9.17, 15) is 0 Å².